The van der Waals surface area contributed by atoms with Crippen LogP contribution in [-0.4, -0.2) is 15.6 Å². The van der Waals surface area contributed by atoms with Crippen LogP contribution in [0.3, 0.4) is 0 Å². The van der Waals surface area contributed by atoms with Gasteiger partial charge in [0.25, 0.3) is 0 Å². The predicted octanol–water partition coefficient (Wildman–Crippen LogP) is 4.80. The molecule has 0 bridgehead atoms. The van der Waals surface area contributed by atoms with E-state index in [0.29, 0.717) is 16.3 Å². The van der Waals surface area contributed by atoms with Crippen molar-refractivity contribution in [3.63, 3.8) is 0 Å². The van der Waals surface area contributed by atoms with Gasteiger partial charge in [-0.1, -0.05) is 41.9 Å². The van der Waals surface area contributed by atoms with Gasteiger partial charge in [-0.15, -0.1) is 0 Å². The van der Waals surface area contributed by atoms with Crippen LogP contribution in [0.15, 0.2) is 60.7 Å². The quantitative estimate of drug-likeness (QED) is 0.754. The molecule has 0 amide bonds. The van der Waals surface area contributed by atoms with Crippen LogP contribution >= 0.6 is 11.6 Å². The molecule has 0 unspecified atom stereocenters. The molecule has 0 aliphatic carbocycles. The van der Waals surface area contributed by atoms with Gasteiger partial charge in [0, 0.05) is 16.4 Å². The molecule has 1 aromatic heterocycles. The van der Waals surface area contributed by atoms with E-state index in [1.807, 2.05) is 54.0 Å². The first-order valence-electron chi connectivity index (χ1n) is 6.85. The summed E-state index contributed by atoms with van der Waals surface area (Å²) in [6.45, 7) is 1.82. The first kappa shape index (κ1) is 14.4. The van der Waals surface area contributed by atoms with Crippen molar-refractivity contribution in [2.24, 2.45) is 0 Å². The van der Waals surface area contributed by atoms with Gasteiger partial charge < -0.3 is 9.67 Å². The Bertz CT molecular complexity index is 820. The van der Waals surface area contributed by atoms with Gasteiger partial charge in [-0.05, 0) is 42.8 Å². The lowest BCUT2D eigenvalue weighted by Gasteiger charge is -2.12. The standard InChI is InChI=1S/C18H14ClNO2/c1-12-16(18(21)22)11-17(13-7-9-14(19)10-8-13)20(12)15-5-3-2-4-6-15/h2-11H,1H3,(H,21,22). The molecular weight excluding hydrogens is 298 g/mol. The SMILES string of the molecule is Cc1c(C(=O)O)cc(-c2ccc(Cl)cc2)n1-c1ccccc1. The topological polar surface area (TPSA) is 42.2 Å². The molecule has 0 aliphatic heterocycles. The van der Waals surface area contributed by atoms with E-state index in [4.69, 9.17) is 11.6 Å². The summed E-state index contributed by atoms with van der Waals surface area (Å²) in [7, 11) is 0. The Hall–Kier alpha value is -2.52. The summed E-state index contributed by atoms with van der Waals surface area (Å²) in [5.41, 5.74) is 3.68. The van der Waals surface area contributed by atoms with Crippen LogP contribution in [0.25, 0.3) is 16.9 Å². The number of hydrogen-bond acceptors (Lipinski definition) is 1. The highest BCUT2D eigenvalue weighted by Crippen LogP contribution is 2.30. The zero-order valence-corrected chi connectivity index (χ0v) is 12.7. The molecular formula is C18H14ClNO2. The molecule has 0 fully saturated rings. The third-order valence-electron chi connectivity index (χ3n) is 3.63. The fraction of sp³-hybridized carbons (Fsp3) is 0.0556. The van der Waals surface area contributed by atoms with Gasteiger partial charge in [0.2, 0.25) is 0 Å². The first-order chi connectivity index (χ1) is 10.6. The zero-order chi connectivity index (χ0) is 15.7. The Balaban J connectivity index is 2.27. The fourth-order valence-electron chi connectivity index (χ4n) is 2.57. The van der Waals surface area contributed by atoms with Gasteiger partial charge in [-0.25, -0.2) is 4.79 Å². The van der Waals surface area contributed by atoms with Crippen molar-refractivity contribution in [1.82, 2.24) is 4.57 Å². The Morgan fingerprint density at radius 3 is 2.27 bits per heavy atom. The van der Waals surface area contributed by atoms with Crippen LogP contribution < -0.4 is 0 Å². The number of aromatic nitrogens is 1. The van der Waals surface area contributed by atoms with Crippen molar-refractivity contribution in [2.45, 2.75) is 6.92 Å². The van der Waals surface area contributed by atoms with Crippen molar-refractivity contribution in [3.05, 3.63) is 76.9 Å². The second kappa shape index (κ2) is 5.70. The van der Waals surface area contributed by atoms with E-state index in [1.54, 1.807) is 18.2 Å². The van der Waals surface area contributed by atoms with Crippen LogP contribution in [0.2, 0.25) is 5.02 Å². The highest BCUT2D eigenvalue weighted by Gasteiger charge is 2.18. The van der Waals surface area contributed by atoms with Crippen molar-refractivity contribution in [3.8, 4) is 16.9 Å². The summed E-state index contributed by atoms with van der Waals surface area (Å²) >= 11 is 5.94. The van der Waals surface area contributed by atoms with E-state index in [-0.39, 0.29) is 0 Å². The largest absolute Gasteiger partial charge is 0.478 e. The number of nitrogens with zero attached hydrogens (tertiary/aromatic N) is 1. The maximum absolute atomic E-state index is 11.5. The number of carboxylic acids is 1. The molecule has 0 atom stereocenters. The summed E-state index contributed by atoms with van der Waals surface area (Å²) < 4.78 is 1.95. The Morgan fingerprint density at radius 1 is 1.05 bits per heavy atom. The lowest BCUT2D eigenvalue weighted by Crippen LogP contribution is -2.02. The minimum atomic E-state index is -0.928. The van der Waals surface area contributed by atoms with Gasteiger partial charge in [-0.3, -0.25) is 0 Å². The molecule has 2 aromatic carbocycles. The maximum Gasteiger partial charge on any atom is 0.337 e. The molecule has 0 spiro atoms. The summed E-state index contributed by atoms with van der Waals surface area (Å²) in [4.78, 5) is 11.5. The highest BCUT2D eigenvalue weighted by atomic mass is 35.5. The van der Waals surface area contributed by atoms with E-state index < -0.39 is 5.97 Å². The second-order valence-corrected chi connectivity index (χ2v) is 5.45. The van der Waals surface area contributed by atoms with E-state index in [9.17, 15) is 9.90 Å². The second-order valence-electron chi connectivity index (χ2n) is 5.01. The molecule has 4 heteroatoms. The van der Waals surface area contributed by atoms with Gasteiger partial charge in [-0.2, -0.15) is 0 Å². The van der Waals surface area contributed by atoms with Gasteiger partial charge in [0.15, 0.2) is 0 Å². The molecule has 0 saturated carbocycles. The average Bonchev–Trinajstić information content (AvgIpc) is 2.86. The Morgan fingerprint density at radius 2 is 1.68 bits per heavy atom. The summed E-state index contributed by atoms with van der Waals surface area (Å²) in [5, 5.41) is 10.1. The number of halogens is 1. The number of carbonyl (C=O) groups is 1. The average molecular weight is 312 g/mol. The van der Waals surface area contributed by atoms with Crippen molar-refractivity contribution in [2.75, 3.05) is 0 Å². The fourth-order valence-corrected chi connectivity index (χ4v) is 2.69. The molecule has 1 N–H and O–H groups in total. The van der Waals surface area contributed by atoms with Gasteiger partial charge in [0.1, 0.15) is 0 Å². The lowest BCUT2D eigenvalue weighted by molar-refractivity contribution is 0.0696. The third kappa shape index (κ3) is 2.51. The van der Waals surface area contributed by atoms with Gasteiger partial charge >= 0.3 is 5.97 Å². The monoisotopic (exact) mass is 311 g/mol. The minimum Gasteiger partial charge on any atom is -0.478 e. The number of para-hydroxylation sites is 1. The summed E-state index contributed by atoms with van der Waals surface area (Å²) in [5.74, 6) is -0.928. The molecule has 22 heavy (non-hydrogen) atoms. The van der Waals surface area contributed by atoms with E-state index in [0.717, 1.165) is 16.9 Å². The number of hydrogen-bond donors (Lipinski definition) is 1. The highest BCUT2D eigenvalue weighted by molar-refractivity contribution is 6.30. The van der Waals surface area contributed by atoms with E-state index >= 15 is 0 Å². The van der Waals surface area contributed by atoms with Crippen LogP contribution in [-0.2, 0) is 0 Å². The number of aromatic carboxylic acids is 1. The van der Waals surface area contributed by atoms with E-state index in [1.165, 1.54) is 0 Å². The molecule has 3 nitrogen and oxygen atoms in total. The zero-order valence-electron chi connectivity index (χ0n) is 12.0. The summed E-state index contributed by atoms with van der Waals surface area (Å²) in [6.07, 6.45) is 0. The smallest absolute Gasteiger partial charge is 0.337 e. The Labute approximate surface area is 133 Å². The predicted molar refractivity (Wildman–Crippen MR) is 87.9 cm³/mol. The van der Waals surface area contributed by atoms with Crippen LogP contribution in [0, 0.1) is 6.92 Å². The first-order valence-corrected chi connectivity index (χ1v) is 7.22. The van der Waals surface area contributed by atoms with Crippen molar-refractivity contribution in [1.29, 1.82) is 0 Å². The minimum absolute atomic E-state index is 0.300. The van der Waals surface area contributed by atoms with Crippen LogP contribution in [0.5, 0.6) is 0 Å². The molecule has 0 saturated heterocycles. The Kier molecular flexibility index (Phi) is 3.73. The normalized spacial score (nSPS) is 10.6. The number of carboxylic acid groups (broad SMARTS) is 1. The van der Waals surface area contributed by atoms with Crippen molar-refractivity contribution < 1.29 is 9.90 Å². The lowest BCUT2D eigenvalue weighted by atomic mass is 10.1. The van der Waals surface area contributed by atoms with Crippen LogP contribution in [0.4, 0.5) is 0 Å². The molecule has 110 valence electrons. The van der Waals surface area contributed by atoms with Crippen molar-refractivity contribution >= 4 is 17.6 Å². The molecule has 3 rings (SSSR count). The molecule has 0 aliphatic rings. The molecule has 0 radical (unpaired) electrons. The van der Waals surface area contributed by atoms with E-state index in [2.05, 4.69) is 0 Å². The van der Waals surface area contributed by atoms with Crippen LogP contribution in [0.1, 0.15) is 16.1 Å². The third-order valence-corrected chi connectivity index (χ3v) is 3.88. The van der Waals surface area contributed by atoms with Gasteiger partial charge in [0.05, 0.1) is 11.3 Å². The molecule has 1 heterocycles. The molecule has 3 aromatic rings. The maximum atomic E-state index is 11.5. The number of rotatable bonds is 3. The number of benzene rings is 2. The summed E-state index contributed by atoms with van der Waals surface area (Å²) in [6, 6.07) is 18.8.